The Morgan fingerprint density at radius 1 is 1.14 bits per heavy atom. The second-order valence-corrected chi connectivity index (χ2v) is 5.89. The van der Waals surface area contributed by atoms with Crippen LogP contribution in [0.1, 0.15) is 26.3 Å². The molecule has 0 N–H and O–H groups in total. The van der Waals surface area contributed by atoms with E-state index in [1.165, 1.54) is 4.57 Å². The van der Waals surface area contributed by atoms with Crippen LogP contribution in [0.4, 0.5) is 4.79 Å². The maximum atomic E-state index is 12.4. The van der Waals surface area contributed by atoms with Gasteiger partial charge < -0.3 is 14.2 Å². The first-order valence-corrected chi connectivity index (χ1v) is 6.74. The standard InChI is InChI=1S/C16H21NO4/c1-10-9-17(15(18)21-16(2,3)4)14-12(10)7-11(19-5)8-13(14)20-6/h7-9H,1-6H3. The number of carbonyl (C=O) groups excluding carboxylic acids is 1. The molecule has 0 aliphatic rings. The van der Waals surface area contributed by atoms with Crippen LogP contribution >= 0.6 is 0 Å². The minimum Gasteiger partial charge on any atom is -0.497 e. The van der Waals surface area contributed by atoms with E-state index in [-0.39, 0.29) is 0 Å². The molecule has 0 fully saturated rings. The Morgan fingerprint density at radius 2 is 1.81 bits per heavy atom. The van der Waals surface area contributed by atoms with Gasteiger partial charge in [0.05, 0.1) is 14.2 Å². The van der Waals surface area contributed by atoms with Gasteiger partial charge in [-0.15, -0.1) is 0 Å². The van der Waals surface area contributed by atoms with Gasteiger partial charge in [0.2, 0.25) is 0 Å². The molecule has 0 saturated heterocycles. The fraction of sp³-hybridized carbons (Fsp3) is 0.438. The van der Waals surface area contributed by atoms with Crippen molar-refractivity contribution < 1.29 is 19.0 Å². The summed E-state index contributed by atoms with van der Waals surface area (Å²) in [5.41, 5.74) is 1.08. The van der Waals surface area contributed by atoms with Crippen molar-refractivity contribution in [2.45, 2.75) is 33.3 Å². The van der Waals surface area contributed by atoms with Crippen molar-refractivity contribution in [1.29, 1.82) is 0 Å². The number of hydrogen-bond acceptors (Lipinski definition) is 4. The topological polar surface area (TPSA) is 49.7 Å². The summed E-state index contributed by atoms with van der Waals surface area (Å²) >= 11 is 0. The summed E-state index contributed by atoms with van der Waals surface area (Å²) in [5, 5.41) is 0.900. The summed E-state index contributed by atoms with van der Waals surface area (Å²) in [4.78, 5) is 12.4. The molecule has 1 aromatic heterocycles. The first-order valence-electron chi connectivity index (χ1n) is 6.74. The number of nitrogens with zero attached hydrogens (tertiary/aromatic N) is 1. The van der Waals surface area contributed by atoms with Gasteiger partial charge in [-0.25, -0.2) is 9.36 Å². The largest absolute Gasteiger partial charge is 0.497 e. The molecule has 114 valence electrons. The van der Waals surface area contributed by atoms with Crippen LogP contribution in [-0.2, 0) is 4.74 Å². The molecule has 1 heterocycles. The van der Waals surface area contributed by atoms with Crippen molar-refractivity contribution in [3.8, 4) is 11.5 Å². The van der Waals surface area contributed by atoms with Crippen LogP contribution < -0.4 is 9.47 Å². The Labute approximate surface area is 124 Å². The average Bonchev–Trinajstić information content (AvgIpc) is 2.73. The van der Waals surface area contributed by atoms with E-state index in [1.54, 1.807) is 26.5 Å². The van der Waals surface area contributed by atoms with Gasteiger partial charge in [0.1, 0.15) is 22.6 Å². The van der Waals surface area contributed by atoms with E-state index >= 15 is 0 Å². The van der Waals surface area contributed by atoms with E-state index in [4.69, 9.17) is 14.2 Å². The molecule has 0 aliphatic carbocycles. The molecular formula is C16H21NO4. The minimum absolute atomic E-state index is 0.427. The van der Waals surface area contributed by atoms with Crippen LogP contribution in [0.25, 0.3) is 10.9 Å². The summed E-state index contributed by atoms with van der Waals surface area (Å²) in [6.45, 7) is 7.44. The van der Waals surface area contributed by atoms with Crippen LogP contribution in [0.5, 0.6) is 11.5 Å². The lowest BCUT2D eigenvalue weighted by Crippen LogP contribution is -2.26. The number of benzene rings is 1. The van der Waals surface area contributed by atoms with Crippen LogP contribution in [-0.4, -0.2) is 30.5 Å². The van der Waals surface area contributed by atoms with Crippen LogP contribution in [0.15, 0.2) is 18.3 Å². The number of hydrogen-bond donors (Lipinski definition) is 0. The lowest BCUT2D eigenvalue weighted by atomic mass is 10.1. The van der Waals surface area contributed by atoms with Crippen LogP contribution in [0, 0.1) is 6.92 Å². The normalized spacial score (nSPS) is 11.5. The molecule has 5 nitrogen and oxygen atoms in total. The average molecular weight is 291 g/mol. The minimum atomic E-state index is -0.554. The molecule has 0 aliphatic heterocycles. The molecule has 0 spiro atoms. The van der Waals surface area contributed by atoms with E-state index in [2.05, 4.69) is 0 Å². The first-order chi connectivity index (χ1) is 9.76. The second kappa shape index (κ2) is 5.31. The molecule has 0 amide bonds. The highest BCUT2D eigenvalue weighted by Crippen LogP contribution is 2.34. The summed E-state index contributed by atoms with van der Waals surface area (Å²) in [5.74, 6) is 1.26. The van der Waals surface area contributed by atoms with Crippen LogP contribution in [0.3, 0.4) is 0 Å². The molecule has 5 heteroatoms. The number of fused-ring (bicyclic) bond motifs is 1. The molecule has 0 bridgehead atoms. The van der Waals surface area contributed by atoms with Gasteiger partial charge in [0, 0.05) is 17.6 Å². The van der Waals surface area contributed by atoms with E-state index in [0.717, 1.165) is 10.9 Å². The Balaban J connectivity index is 2.63. The summed E-state index contributed by atoms with van der Waals surface area (Å²) in [7, 11) is 3.16. The third kappa shape index (κ3) is 2.96. The third-order valence-electron chi connectivity index (χ3n) is 3.08. The Hall–Kier alpha value is -2.17. The second-order valence-electron chi connectivity index (χ2n) is 5.89. The van der Waals surface area contributed by atoms with Crippen molar-refractivity contribution >= 4 is 17.0 Å². The van der Waals surface area contributed by atoms with E-state index in [0.29, 0.717) is 17.0 Å². The van der Waals surface area contributed by atoms with E-state index in [1.807, 2.05) is 33.8 Å². The zero-order valence-electron chi connectivity index (χ0n) is 13.3. The van der Waals surface area contributed by atoms with Gasteiger partial charge in [0.15, 0.2) is 0 Å². The SMILES string of the molecule is COc1cc(OC)c2c(c1)c(C)cn2C(=O)OC(C)(C)C. The third-order valence-corrected chi connectivity index (χ3v) is 3.08. The lowest BCUT2D eigenvalue weighted by Gasteiger charge is -2.20. The predicted octanol–water partition coefficient (Wildman–Crippen LogP) is 3.75. The fourth-order valence-corrected chi connectivity index (χ4v) is 2.19. The number of aromatic nitrogens is 1. The van der Waals surface area contributed by atoms with Crippen molar-refractivity contribution in [3.05, 3.63) is 23.9 Å². The zero-order valence-corrected chi connectivity index (χ0v) is 13.3. The van der Waals surface area contributed by atoms with Crippen molar-refractivity contribution in [2.24, 2.45) is 0 Å². The van der Waals surface area contributed by atoms with Crippen LogP contribution in [0.2, 0.25) is 0 Å². The maximum Gasteiger partial charge on any atom is 0.419 e. The summed E-state index contributed by atoms with van der Waals surface area (Å²) in [6.07, 6.45) is 1.32. The number of methoxy groups -OCH3 is 2. The molecular weight excluding hydrogens is 270 g/mol. The number of aryl methyl sites for hydroxylation is 1. The molecule has 0 unspecified atom stereocenters. The molecule has 2 aromatic rings. The Bertz CT molecular complexity index is 680. The fourth-order valence-electron chi connectivity index (χ4n) is 2.19. The predicted molar refractivity (Wildman–Crippen MR) is 81.4 cm³/mol. The van der Waals surface area contributed by atoms with Gasteiger partial charge in [-0.05, 0) is 39.3 Å². The zero-order chi connectivity index (χ0) is 15.8. The number of carbonyl (C=O) groups is 1. The van der Waals surface area contributed by atoms with E-state index in [9.17, 15) is 4.79 Å². The van der Waals surface area contributed by atoms with Gasteiger partial charge in [-0.2, -0.15) is 0 Å². The smallest absolute Gasteiger partial charge is 0.419 e. The molecule has 21 heavy (non-hydrogen) atoms. The molecule has 0 saturated carbocycles. The van der Waals surface area contributed by atoms with E-state index < -0.39 is 11.7 Å². The monoisotopic (exact) mass is 291 g/mol. The Morgan fingerprint density at radius 3 is 2.33 bits per heavy atom. The van der Waals surface area contributed by atoms with Gasteiger partial charge in [-0.1, -0.05) is 0 Å². The van der Waals surface area contributed by atoms with Crippen molar-refractivity contribution in [3.63, 3.8) is 0 Å². The highest BCUT2D eigenvalue weighted by atomic mass is 16.6. The quantitative estimate of drug-likeness (QED) is 0.845. The van der Waals surface area contributed by atoms with Gasteiger partial charge in [-0.3, -0.25) is 0 Å². The number of ether oxygens (including phenoxy) is 3. The van der Waals surface area contributed by atoms with Gasteiger partial charge >= 0.3 is 6.09 Å². The molecule has 0 atom stereocenters. The highest BCUT2D eigenvalue weighted by molar-refractivity contribution is 5.96. The molecule has 0 radical (unpaired) electrons. The molecule has 2 rings (SSSR count). The maximum absolute atomic E-state index is 12.4. The summed E-state index contributed by atoms with van der Waals surface area (Å²) in [6, 6.07) is 3.64. The Kier molecular flexibility index (Phi) is 3.85. The first kappa shape index (κ1) is 15.2. The lowest BCUT2D eigenvalue weighted by molar-refractivity contribution is 0.0543. The summed E-state index contributed by atoms with van der Waals surface area (Å²) < 4.78 is 17.6. The highest BCUT2D eigenvalue weighted by Gasteiger charge is 2.22. The van der Waals surface area contributed by atoms with Crippen molar-refractivity contribution in [2.75, 3.05) is 14.2 Å². The molecule has 1 aromatic carbocycles. The van der Waals surface area contributed by atoms with Crippen molar-refractivity contribution in [1.82, 2.24) is 4.57 Å². The number of rotatable bonds is 2. The van der Waals surface area contributed by atoms with Gasteiger partial charge in [0.25, 0.3) is 0 Å².